The van der Waals surface area contributed by atoms with Crippen molar-refractivity contribution in [2.24, 2.45) is 0 Å². The molecule has 1 fully saturated rings. The van der Waals surface area contributed by atoms with Gasteiger partial charge in [-0.25, -0.2) is 9.59 Å². The summed E-state index contributed by atoms with van der Waals surface area (Å²) < 4.78 is 16.0. The Morgan fingerprint density at radius 3 is 2.72 bits per heavy atom. The lowest BCUT2D eigenvalue weighted by molar-refractivity contribution is -0.145. The molecule has 2 aliphatic heterocycles. The lowest BCUT2D eigenvalue weighted by atomic mass is 9.79. The van der Waals surface area contributed by atoms with Crippen LogP contribution in [0.2, 0.25) is 0 Å². The maximum atomic E-state index is 13.0. The van der Waals surface area contributed by atoms with Crippen molar-refractivity contribution in [3.05, 3.63) is 36.4 Å². The van der Waals surface area contributed by atoms with Crippen molar-refractivity contribution in [3.8, 4) is 5.75 Å². The molecular weight excluding hydrogens is 376 g/mol. The molecule has 156 valence electrons. The lowest BCUT2D eigenvalue weighted by Crippen LogP contribution is -2.44. The highest BCUT2D eigenvalue weighted by Crippen LogP contribution is 2.48. The molecule has 1 aromatic rings. The number of carbonyl (C=O) groups excluding carboxylic acids is 3. The van der Waals surface area contributed by atoms with Gasteiger partial charge in [0.1, 0.15) is 24.0 Å². The molecule has 0 bridgehead atoms. The molecule has 2 amide bonds. The largest absolute Gasteiger partial charge is 0.490 e. The number of hydrogen-bond donors (Lipinski definition) is 1. The van der Waals surface area contributed by atoms with Crippen LogP contribution >= 0.6 is 0 Å². The molecular formula is C21H26N2O6. The van der Waals surface area contributed by atoms with Gasteiger partial charge in [0, 0.05) is 12.2 Å². The molecule has 0 aromatic heterocycles. The van der Waals surface area contributed by atoms with Crippen molar-refractivity contribution in [2.75, 3.05) is 25.6 Å². The zero-order chi connectivity index (χ0) is 21.4. The quantitative estimate of drug-likeness (QED) is 0.615. The summed E-state index contributed by atoms with van der Waals surface area (Å²) in [6.45, 7) is 9.18. The number of amides is 2. The number of methoxy groups -OCH3 is 1. The normalized spacial score (nSPS) is 22.8. The van der Waals surface area contributed by atoms with E-state index in [2.05, 4.69) is 11.9 Å². The average Bonchev–Trinajstić information content (AvgIpc) is 3.18. The fourth-order valence-corrected chi connectivity index (χ4v) is 3.76. The van der Waals surface area contributed by atoms with Gasteiger partial charge >= 0.3 is 12.1 Å². The summed E-state index contributed by atoms with van der Waals surface area (Å²) in [4.78, 5) is 39.5. The van der Waals surface area contributed by atoms with Gasteiger partial charge in [0.25, 0.3) is 0 Å². The lowest BCUT2D eigenvalue weighted by Gasteiger charge is -2.27. The molecule has 0 radical (unpaired) electrons. The van der Waals surface area contributed by atoms with Crippen LogP contribution in [-0.4, -0.2) is 54.8 Å². The van der Waals surface area contributed by atoms with E-state index in [1.165, 1.54) is 12.0 Å². The highest BCUT2D eigenvalue weighted by Gasteiger charge is 2.58. The number of carbonyl (C=O) groups is 3. The van der Waals surface area contributed by atoms with Crippen LogP contribution in [0.25, 0.3) is 0 Å². The Labute approximate surface area is 169 Å². The Kier molecular flexibility index (Phi) is 5.30. The Morgan fingerprint density at radius 1 is 1.38 bits per heavy atom. The van der Waals surface area contributed by atoms with Gasteiger partial charge in [-0.1, -0.05) is 12.7 Å². The van der Waals surface area contributed by atoms with Crippen LogP contribution in [0.1, 0.15) is 32.8 Å². The number of hydrogen-bond acceptors (Lipinski definition) is 6. The van der Waals surface area contributed by atoms with Crippen molar-refractivity contribution in [3.63, 3.8) is 0 Å². The average molecular weight is 402 g/mol. The number of rotatable bonds is 4. The monoisotopic (exact) mass is 402 g/mol. The fraction of sp³-hybridized carbons (Fsp3) is 0.476. The second-order valence-electron chi connectivity index (χ2n) is 8.19. The predicted octanol–water partition coefficient (Wildman–Crippen LogP) is 2.62. The predicted molar refractivity (Wildman–Crippen MR) is 106 cm³/mol. The van der Waals surface area contributed by atoms with E-state index in [0.29, 0.717) is 23.6 Å². The van der Waals surface area contributed by atoms with E-state index in [1.54, 1.807) is 45.0 Å². The Bertz CT molecular complexity index is 859. The molecule has 2 atom stereocenters. The first-order valence-corrected chi connectivity index (χ1v) is 9.38. The summed E-state index contributed by atoms with van der Waals surface area (Å²) in [6.07, 6.45) is 1.06. The van der Waals surface area contributed by atoms with Crippen molar-refractivity contribution in [1.82, 2.24) is 4.90 Å². The number of nitrogens with one attached hydrogen (secondary N) is 1. The van der Waals surface area contributed by atoms with Crippen LogP contribution < -0.4 is 10.1 Å². The number of ether oxygens (including phenoxy) is 3. The SMILES string of the molecule is C=CCOc1ccc2c(c1)[C@@]1(C[C@@H](C(=O)OC)N(C(=O)OC(C)(C)C)C1)C(=O)N2. The Balaban J connectivity index is 2.00. The van der Waals surface area contributed by atoms with Crippen LogP contribution in [0, 0.1) is 0 Å². The number of fused-ring (bicyclic) bond motifs is 2. The van der Waals surface area contributed by atoms with E-state index in [1.807, 2.05) is 0 Å². The van der Waals surface area contributed by atoms with Gasteiger partial charge in [-0.2, -0.15) is 0 Å². The molecule has 1 N–H and O–H groups in total. The van der Waals surface area contributed by atoms with E-state index in [9.17, 15) is 14.4 Å². The van der Waals surface area contributed by atoms with E-state index >= 15 is 0 Å². The summed E-state index contributed by atoms with van der Waals surface area (Å²) in [5, 5.41) is 2.85. The van der Waals surface area contributed by atoms with Crippen LogP contribution in [-0.2, 0) is 24.5 Å². The highest BCUT2D eigenvalue weighted by molar-refractivity contribution is 6.08. The van der Waals surface area contributed by atoms with Gasteiger partial charge in [0.2, 0.25) is 5.91 Å². The van der Waals surface area contributed by atoms with Gasteiger partial charge in [0.05, 0.1) is 12.5 Å². The summed E-state index contributed by atoms with van der Waals surface area (Å²) in [5.41, 5.74) is -0.507. The first-order valence-electron chi connectivity index (χ1n) is 9.38. The third kappa shape index (κ3) is 3.79. The van der Waals surface area contributed by atoms with Gasteiger partial charge < -0.3 is 19.5 Å². The standard InChI is InChI=1S/C21H26N2O6/c1-6-9-28-13-7-8-15-14(10-13)21(18(25)22-15)11-16(17(24)27-5)23(12-21)19(26)29-20(2,3)4/h6-8,10,16H,1,9,11-12H2,2-5H3,(H,22,25)/t16-,21-/m0/s1. The number of anilines is 1. The van der Waals surface area contributed by atoms with Crippen LogP contribution in [0.3, 0.4) is 0 Å². The second-order valence-corrected chi connectivity index (χ2v) is 8.19. The fourth-order valence-electron chi connectivity index (χ4n) is 3.76. The summed E-state index contributed by atoms with van der Waals surface area (Å²) >= 11 is 0. The van der Waals surface area contributed by atoms with Gasteiger partial charge in [-0.3, -0.25) is 9.69 Å². The zero-order valence-corrected chi connectivity index (χ0v) is 17.1. The molecule has 1 saturated heterocycles. The smallest absolute Gasteiger partial charge is 0.411 e. The van der Waals surface area contributed by atoms with Crippen LogP contribution in [0.15, 0.2) is 30.9 Å². The molecule has 2 aliphatic rings. The van der Waals surface area contributed by atoms with E-state index in [4.69, 9.17) is 14.2 Å². The molecule has 0 unspecified atom stereocenters. The maximum absolute atomic E-state index is 13.0. The minimum atomic E-state index is -1.08. The number of benzene rings is 1. The molecule has 29 heavy (non-hydrogen) atoms. The van der Waals surface area contributed by atoms with Crippen LogP contribution in [0.5, 0.6) is 5.75 Å². The van der Waals surface area contributed by atoms with Gasteiger partial charge in [0.15, 0.2) is 0 Å². The van der Waals surface area contributed by atoms with Gasteiger partial charge in [-0.05, 0) is 51.0 Å². The molecule has 0 saturated carbocycles. The molecule has 2 heterocycles. The summed E-state index contributed by atoms with van der Waals surface area (Å²) in [6, 6.07) is 4.34. The zero-order valence-electron chi connectivity index (χ0n) is 17.1. The summed E-state index contributed by atoms with van der Waals surface area (Å²) in [7, 11) is 1.25. The minimum absolute atomic E-state index is 0.00538. The minimum Gasteiger partial charge on any atom is -0.490 e. The molecule has 3 rings (SSSR count). The topological polar surface area (TPSA) is 94.2 Å². The first kappa shape index (κ1) is 20.7. The first-order chi connectivity index (χ1) is 13.6. The molecule has 1 aromatic carbocycles. The van der Waals surface area contributed by atoms with Crippen molar-refractivity contribution < 1.29 is 28.6 Å². The molecule has 8 nitrogen and oxygen atoms in total. The maximum Gasteiger partial charge on any atom is 0.411 e. The third-order valence-corrected chi connectivity index (χ3v) is 5.02. The Hall–Kier alpha value is -3.03. The van der Waals surface area contributed by atoms with Crippen molar-refractivity contribution in [1.29, 1.82) is 0 Å². The van der Waals surface area contributed by atoms with Crippen molar-refractivity contribution in [2.45, 2.75) is 44.2 Å². The highest BCUT2D eigenvalue weighted by atomic mass is 16.6. The third-order valence-electron chi connectivity index (χ3n) is 5.02. The Morgan fingerprint density at radius 2 is 2.10 bits per heavy atom. The molecule has 0 aliphatic carbocycles. The van der Waals surface area contributed by atoms with E-state index < -0.39 is 29.1 Å². The number of esters is 1. The second kappa shape index (κ2) is 7.42. The van der Waals surface area contributed by atoms with E-state index in [0.717, 1.165) is 0 Å². The number of nitrogens with zero attached hydrogens (tertiary/aromatic N) is 1. The van der Waals surface area contributed by atoms with Crippen molar-refractivity contribution >= 4 is 23.7 Å². The van der Waals surface area contributed by atoms with Gasteiger partial charge in [-0.15, -0.1) is 0 Å². The van der Waals surface area contributed by atoms with E-state index in [-0.39, 0.29) is 18.9 Å². The molecule has 8 heteroatoms. The van der Waals surface area contributed by atoms with Crippen LogP contribution in [0.4, 0.5) is 10.5 Å². The molecule has 1 spiro atoms. The number of likely N-dealkylation sites (tertiary alicyclic amines) is 1. The summed E-state index contributed by atoms with van der Waals surface area (Å²) in [5.74, 6) is -0.286.